The van der Waals surface area contributed by atoms with Crippen LogP contribution in [0.15, 0.2) is 17.0 Å². The van der Waals surface area contributed by atoms with E-state index in [-0.39, 0.29) is 41.5 Å². The maximum atomic E-state index is 12.8. The molecule has 24 heavy (non-hydrogen) atoms. The Balaban J connectivity index is 2.05. The summed E-state index contributed by atoms with van der Waals surface area (Å²) >= 11 is 0. The molecular weight excluding hydrogens is 336 g/mol. The molecule has 1 N–H and O–H groups in total. The van der Waals surface area contributed by atoms with Crippen molar-refractivity contribution in [2.45, 2.75) is 30.3 Å². The molecule has 3 rings (SSSR count). The van der Waals surface area contributed by atoms with E-state index in [2.05, 4.69) is 5.32 Å². The second-order valence-electron chi connectivity index (χ2n) is 5.80. The Labute approximate surface area is 138 Å². The number of nitrogens with zero attached hydrogens (tertiary/aromatic N) is 1. The maximum Gasteiger partial charge on any atom is 0.256 e. The van der Waals surface area contributed by atoms with Crippen molar-refractivity contribution >= 4 is 27.6 Å². The minimum atomic E-state index is -3.71. The molecule has 0 aliphatic carbocycles. The lowest BCUT2D eigenvalue weighted by Gasteiger charge is -2.29. The number of hydrogen-bond donors (Lipinski definition) is 1. The molecule has 9 heteroatoms. The molecule has 2 aliphatic heterocycles. The summed E-state index contributed by atoms with van der Waals surface area (Å²) in [6.07, 6.45) is 1.36. The van der Waals surface area contributed by atoms with Crippen molar-refractivity contribution in [3.8, 4) is 5.75 Å². The first kappa shape index (κ1) is 16.4. The highest BCUT2D eigenvalue weighted by Crippen LogP contribution is 2.36. The average molecular weight is 352 g/mol. The normalized spacial score (nSPS) is 20.8. The Morgan fingerprint density at radius 1 is 1.25 bits per heavy atom. The summed E-state index contributed by atoms with van der Waals surface area (Å²) in [5.41, 5.74) is 0.562. The molecule has 0 saturated carbocycles. The summed E-state index contributed by atoms with van der Waals surface area (Å²) in [5, 5.41) is 2.21. The third-order valence-electron chi connectivity index (χ3n) is 4.20. The summed E-state index contributed by atoms with van der Waals surface area (Å²) in [4.78, 5) is 37.2. The molecule has 128 valence electrons. The number of fused-ring (bicyclic) bond motifs is 1. The lowest BCUT2D eigenvalue weighted by atomic mass is 10.0. The number of carbonyl (C=O) groups is 3. The number of nitrogens with one attached hydrogen (secondary N) is 1. The van der Waals surface area contributed by atoms with E-state index in [4.69, 9.17) is 4.74 Å². The first-order valence-corrected chi connectivity index (χ1v) is 9.17. The monoisotopic (exact) mass is 352 g/mol. The predicted molar refractivity (Wildman–Crippen MR) is 82.1 cm³/mol. The van der Waals surface area contributed by atoms with E-state index in [1.54, 1.807) is 6.07 Å². The van der Waals surface area contributed by atoms with Gasteiger partial charge in [-0.1, -0.05) is 6.07 Å². The topological polar surface area (TPSA) is 110 Å². The lowest BCUT2D eigenvalue weighted by molar-refractivity contribution is -0.136. The third-order valence-corrected chi connectivity index (χ3v) is 5.35. The molecule has 0 aromatic heterocycles. The maximum absolute atomic E-state index is 12.8. The number of imide groups is 1. The fourth-order valence-corrected chi connectivity index (χ4v) is 4.24. The van der Waals surface area contributed by atoms with E-state index < -0.39 is 27.7 Å². The molecule has 8 nitrogen and oxygen atoms in total. The van der Waals surface area contributed by atoms with Gasteiger partial charge in [-0.25, -0.2) is 8.42 Å². The molecule has 1 aromatic rings. The van der Waals surface area contributed by atoms with Crippen molar-refractivity contribution in [1.82, 2.24) is 10.2 Å². The van der Waals surface area contributed by atoms with Crippen LogP contribution in [0.2, 0.25) is 0 Å². The summed E-state index contributed by atoms with van der Waals surface area (Å²) in [5.74, 6) is -1.37. The zero-order valence-corrected chi connectivity index (χ0v) is 14.0. The van der Waals surface area contributed by atoms with Gasteiger partial charge < -0.3 is 9.64 Å². The molecule has 1 fully saturated rings. The van der Waals surface area contributed by atoms with Crippen LogP contribution in [0.3, 0.4) is 0 Å². The molecule has 1 aromatic carbocycles. The molecule has 1 unspecified atom stereocenters. The zero-order valence-electron chi connectivity index (χ0n) is 13.2. The van der Waals surface area contributed by atoms with Gasteiger partial charge in [0.05, 0.1) is 12.7 Å². The second kappa shape index (κ2) is 5.59. The van der Waals surface area contributed by atoms with Gasteiger partial charge in [0.1, 0.15) is 16.7 Å². The van der Waals surface area contributed by atoms with E-state index in [0.717, 1.165) is 6.26 Å². The van der Waals surface area contributed by atoms with Crippen molar-refractivity contribution in [1.29, 1.82) is 0 Å². The van der Waals surface area contributed by atoms with E-state index in [9.17, 15) is 22.8 Å². The molecule has 0 radical (unpaired) electrons. The van der Waals surface area contributed by atoms with Crippen LogP contribution >= 0.6 is 0 Å². The summed E-state index contributed by atoms with van der Waals surface area (Å²) in [7, 11) is -2.38. The van der Waals surface area contributed by atoms with Crippen LogP contribution < -0.4 is 10.1 Å². The number of ether oxygens (including phenoxy) is 1. The minimum Gasteiger partial charge on any atom is -0.495 e. The van der Waals surface area contributed by atoms with Gasteiger partial charge >= 0.3 is 0 Å². The molecule has 2 aliphatic rings. The van der Waals surface area contributed by atoms with Crippen LogP contribution in [0.1, 0.15) is 28.8 Å². The van der Waals surface area contributed by atoms with Gasteiger partial charge in [-0.2, -0.15) is 0 Å². The number of amides is 3. The molecule has 0 spiro atoms. The molecular formula is C15H16N2O6S. The van der Waals surface area contributed by atoms with Crippen LogP contribution in [0.4, 0.5) is 0 Å². The molecule has 1 atom stereocenters. The van der Waals surface area contributed by atoms with Gasteiger partial charge in [0.15, 0.2) is 9.84 Å². The first-order chi connectivity index (χ1) is 11.2. The molecule has 2 heterocycles. The predicted octanol–water partition coefficient (Wildman–Crippen LogP) is -0.140. The van der Waals surface area contributed by atoms with Crippen molar-refractivity contribution in [3.63, 3.8) is 0 Å². The van der Waals surface area contributed by atoms with Crippen LogP contribution in [-0.2, 0) is 26.0 Å². The number of hydrogen-bond acceptors (Lipinski definition) is 6. The Bertz CT molecular complexity index is 861. The average Bonchev–Trinajstić information content (AvgIpc) is 2.82. The van der Waals surface area contributed by atoms with Crippen molar-refractivity contribution in [2.75, 3.05) is 13.4 Å². The summed E-state index contributed by atoms with van der Waals surface area (Å²) in [6.45, 7) is 0.118. The summed E-state index contributed by atoms with van der Waals surface area (Å²) < 4.78 is 29.4. The minimum absolute atomic E-state index is 0.0431. The van der Waals surface area contributed by atoms with Gasteiger partial charge in [-0.3, -0.25) is 19.7 Å². The lowest BCUT2D eigenvalue weighted by Crippen LogP contribution is -2.52. The Hall–Kier alpha value is -2.42. The van der Waals surface area contributed by atoms with Crippen LogP contribution in [0.5, 0.6) is 5.75 Å². The summed E-state index contributed by atoms with van der Waals surface area (Å²) in [6, 6.07) is 2.32. The second-order valence-corrected chi connectivity index (χ2v) is 7.76. The zero-order chi connectivity index (χ0) is 17.6. The highest BCUT2D eigenvalue weighted by atomic mass is 32.2. The number of piperidine rings is 1. The largest absolute Gasteiger partial charge is 0.495 e. The highest BCUT2D eigenvalue weighted by Gasteiger charge is 2.42. The van der Waals surface area contributed by atoms with Crippen LogP contribution in [0.25, 0.3) is 0 Å². The quantitative estimate of drug-likeness (QED) is 0.758. The number of rotatable bonds is 3. The van der Waals surface area contributed by atoms with Crippen molar-refractivity contribution < 1.29 is 27.5 Å². The fourth-order valence-electron chi connectivity index (χ4n) is 3.13. The Morgan fingerprint density at radius 2 is 1.96 bits per heavy atom. The number of methoxy groups -OCH3 is 1. The number of benzene rings is 1. The van der Waals surface area contributed by atoms with E-state index in [1.807, 2.05) is 0 Å². The smallest absolute Gasteiger partial charge is 0.256 e. The SMILES string of the molecule is COc1ccc2c(c1S(C)(=O)=O)C(=O)N(C1CCC(=O)NC1=O)C2. The van der Waals surface area contributed by atoms with E-state index in [1.165, 1.54) is 18.1 Å². The Morgan fingerprint density at radius 3 is 2.54 bits per heavy atom. The van der Waals surface area contributed by atoms with E-state index >= 15 is 0 Å². The van der Waals surface area contributed by atoms with Crippen molar-refractivity contribution in [3.05, 3.63) is 23.3 Å². The van der Waals surface area contributed by atoms with E-state index in [0.29, 0.717) is 5.56 Å². The molecule has 0 bridgehead atoms. The highest BCUT2D eigenvalue weighted by molar-refractivity contribution is 7.91. The standard InChI is InChI=1S/C15H16N2O6S/c1-23-10-5-3-8-7-17(9-4-6-11(18)16-14(9)19)15(20)12(8)13(10)24(2,21)22/h3,5,9H,4,6-7H2,1-2H3,(H,16,18,19). The molecule has 1 saturated heterocycles. The van der Waals surface area contributed by atoms with Crippen LogP contribution in [-0.4, -0.2) is 50.4 Å². The number of carbonyl (C=O) groups excluding carboxylic acids is 3. The molecule has 3 amide bonds. The van der Waals surface area contributed by atoms with Gasteiger partial charge in [0, 0.05) is 19.2 Å². The van der Waals surface area contributed by atoms with Gasteiger partial charge in [-0.15, -0.1) is 0 Å². The van der Waals surface area contributed by atoms with Gasteiger partial charge in [-0.05, 0) is 18.1 Å². The van der Waals surface area contributed by atoms with Crippen molar-refractivity contribution in [2.24, 2.45) is 0 Å². The Kier molecular flexibility index (Phi) is 3.83. The first-order valence-electron chi connectivity index (χ1n) is 7.28. The van der Waals surface area contributed by atoms with Gasteiger partial charge in [0.25, 0.3) is 5.91 Å². The number of sulfone groups is 1. The van der Waals surface area contributed by atoms with Crippen LogP contribution in [0, 0.1) is 0 Å². The van der Waals surface area contributed by atoms with Gasteiger partial charge in [0.2, 0.25) is 11.8 Å². The third kappa shape index (κ3) is 2.54. The fraction of sp³-hybridized carbons (Fsp3) is 0.400.